The van der Waals surface area contributed by atoms with E-state index in [4.69, 9.17) is 5.73 Å². The molecular weight excluding hydrogens is 190 g/mol. The summed E-state index contributed by atoms with van der Waals surface area (Å²) in [5.41, 5.74) is 8.06. The highest BCUT2D eigenvalue weighted by molar-refractivity contribution is 7.12. The average Bonchev–Trinajstić information content (AvgIpc) is 2.54. The van der Waals surface area contributed by atoms with Crippen molar-refractivity contribution in [3.8, 4) is 0 Å². The summed E-state index contributed by atoms with van der Waals surface area (Å²) < 4.78 is 0. The first kappa shape index (κ1) is 8.93. The van der Waals surface area contributed by atoms with E-state index in [0.29, 0.717) is 17.4 Å². The first-order chi connectivity index (χ1) is 6.60. The van der Waals surface area contributed by atoms with Crippen molar-refractivity contribution in [1.82, 2.24) is 0 Å². The van der Waals surface area contributed by atoms with E-state index < -0.39 is 0 Å². The summed E-state index contributed by atoms with van der Waals surface area (Å²) in [5.74, 6) is 0.637. The summed E-state index contributed by atoms with van der Waals surface area (Å²) in [6, 6.07) is 2.81. The van der Waals surface area contributed by atoms with Crippen LogP contribution in [0, 0.1) is 5.41 Å². The molecular formula is C12H17NS. The largest absolute Gasteiger partial charge is 0.327 e. The quantitative estimate of drug-likeness (QED) is 0.753. The van der Waals surface area contributed by atoms with E-state index in [1.54, 1.807) is 15.3 Å². The maximum Gasteiger partial charge on any atom is 0.0180 e. The topological polar surface area (TPSA) is 26.0 Å². The lowest BCUT2D eigenvalue weighted by Gasteiger charge is -1.98. The van der Waals surface area contributed by atoms with Crippen molar-refractivity contribution in [3.63, 3.8) is 0 Å². The van der Waals surface area contributed by atoms with Crippen molar-refractivity contribution in [3.05, 3.63) is 21.4 Å². The van der Waals surface area contributed by atoms with Crippen LogP contribution in [0.4, 0.5) is 0 Å². The van der Waals surface area contributed by atoms with Crippen LogP contribution in [0.2, 0.25) is 0 Å². The van der Waals surface area contributed by atoms with Crippen molar-refractivity contribution >= 4 is 11.3 Å². The molecule has 0 aromatic carbocycles. The molecule has 1 heterocycles. The van der Waals surface area contributed by atoms with Crippen molar-refractivity contribution in [2.75, 3.05) is 0 Å². The zero-order valence-corrected chi connectivity index (χ0v) is 9.66. The Balaban J connectivity index is 1.93. The van der Waals surface area contributed by atoms with Gasteiger partial charge in [0.25, 0.3) is 0 Å². The molecule has 76 valence electrons. The second-order valence-corrected chi connectivity index (χ2v) is 6.44. The molecule has 1 aromatic heterocycles. The van der Waals surface area contributed by atoms with Crippen LogP contribution < -0.4 is 5.73 Å². The molecule has 0 radical (unpaired) electrons. The molecule has 1 fully saturated rings. The molecule has 1 saturated carbocycles. The van der Waals surface area contributed by atoms with Gasteiger partial charge in [0.1, 0.15) is 0 Å². The Kier molecular flexibility index (Phi) is 1.67. The highest BCUT2D eigenvalue weighted by Crippen LogP contribution is 2.59. The van der Waals surface area contributed by atoms with Gasteiger partial charge in [-0.05, 0) is 36.3 Å². The number of nitrogens with two attached hydrogens (primary N) is 1. The number of aryl methyl sites for hydroxylation is 2. The zero-order valence-electron chi connectivity index (χ0n) is 8.84. The summed E-state index contributed by atoms with van der Waals surface area (Å²) in [5, 5.41) is 0. The van der Waals surface area contributed by atoms with Crippen LogP contribution >= 0.6 is 11.3 Å². The summed E-state index contributed by atoms with van der Waals surface area (Å²) in [4.78, 5) is 3.18. The molecule has 1 aromatic rings. The molecule has 1 nitrogen and oxygen atoms in total. The Bertz CT molecular complexity index is 356. The van der Waals surface area contributed by atoms with Crippen LogP contribution in [-0.2, 0) is 12.8 Å². The zero-order chi connectivity index (χ0) is 9.92. The van der Waals surface area contributed by atoms with Gasteiger partial charge in [-0.1, -0.05) is 13.8 Å². The number of thiophene rings is 1. The molecule has 14 heavy (non-hydrogen) atoms. The molecule has 0 amide bonds. The molecule has 0 spiro atoms. The third-order valence-corrected chi connectivity index (χ3v) is 5.30. The lowest BCUT2D eigenvalue weighted by Crippen LogP contribution is -2.06. The minimum Gasteiger partial charge on any atom is -0.327 e. The maximum atomic E-state index is 6.10. The van der Waals surface area contributed by atoms with Gasteiger partial charge in [-0.2, -0.15) is 0 Å². The smallest absolute Gasteiger partial charge is 0.0180 e. The van der Waals surface area contributed by atoms with Crippen LogP contribution in [0.15, 0.2) is 6.07 Å². The summed E-state index contributed by atoms with van der Waals surface area (Å²) in [6.45, 7) is 4.57. The van der Waals surface area contributed by atoms with Crippen molar-refractivity contribution in [2.24, 2.45) is 11.1 Å². The van der Waals surface area contributed by atoms with Gasteiger partial charge in [-0.15, -0.1) is 11.3 Å². The van der Waals surface area contributed by atoms with Crippen molar-refractivity contribution in [1.29, 1.82) is 0 Å². The lowest BCUT2D eigenvalue weighted by molar-refractivity contribution is 0.601. The van der Waals surface area contributed by atoms with Gasteiger partial charge < -0.3 is 5.73 Å². The molecule has 0 aliphatic heterocycles. The first-order valence-corrected chi connectivity index (χ1v) is 6.29. The van der Waals surface area contributed by atoms with Crippen LogP contribution in [-0.4, -0.2) is 6.04 Å². The summed E-state index contributed by atoms with van der Waals surface area (Å²) >= 11 is 2.02. The Morgan fingerprint density at radius 1 is 1.43 bits per heavy atom. The second kappa shape index (κ2) is 2.61. The van der Waals surface area contributed by atoms with Crippen molar-refractivity contribution < 1.29 is 0 Å². The summed E-state index contributed by atoms with van der Waals surface area (Å²) in [6.07, 6.45) is 3.97. The standard InChI is InChI=1S/C12H17NS/c1-12(2)10(11(12)13)9-6-7-4-3-5-8(7)14-9/h6,10-11H,3-5,13H2,1-2H3. The minimum atomic E-state index is 0.346. The monoisotopic (exact) mass is 207 g/mol. The van der Waals surface area contributed by atoms with E-state index in [0.717, 1.165) is 0 Å². The van der Waals surface area contributed by atoms with Crippen LogP contribution in [0.1, 0.15) is 41.5 Å². The minimum absolute atomic E-state index is 0.346. The van der Waals surface area contributed by atoms with Gasteiger partial charge in [0.15, 0.2) is 0 Å². The van der Waals surface area contributed by atoms with E-state index >= 15 is 0 Å². The molecule has 2 unspecified atom stereocenters. The number of fused-ring (bicyclic) bond motifs is 1. The fraction of sp³-hybridized carbons (Fsp3) is 0.667. The SMILES string of the molecule is CC1(C)C(N)C1c1cc2c(s1)CCC2. The Morgan fingerprint density at radius 3 is 2.71 bits per heavy atom. The molecule has 2 heteroatoms. The highest BCUT2D eigenvalue weighted by Gasteiger charge is 2.56. The Morgan fingerprint density at radius 2 is 2.14 bits per heavy atom. The number of hydrogen-bond acceptors (Lipinski definition) is 2. The highest BCUT2D eigenvalue weighted by atomic mass is 32.1. The van der Waals surface area contributed by atoms with Crippen LogP contribution in [0.25, 0.3) is 0 Å². The van der Waals surface area contributed by atoms with E-state index in [-0.39, 0.29) is 0 Å². The summed E-state index contributed by atoms with van der Waals surface area (Å²) in [7, 11) is 0. The third kappa shape index (κ3) is 1.04. The van der Waals surface area contributed by atoms with E-state index in [1.807, 2.05) is 11.3 Å². The van der Waals surface area contributed by atoms with Gasteiger partial charge in [0.2, 0.25) is 0 Å². The lowest BCUT2D eigenvalue weighted by atomic mass is 10.1. The molecule has 2 aliphatic rings. The molecule has 3 rings (SSSR count). The first-order valence-electron chi connectivity index (χ1n) is 5.48. The second-order valence-electron chi connectivity index (χ2n) is 5.28. The van der Waals surface area contributed by atoms with E-state index in [9.17, 15) is 0 Å². The van der Waals surface area contributed by atoms with Crippen molar-refractivity contribution in [2.45, 2.75) is 45.1 Å². The molecule has 2 atom stereocenters. The molecule has 0 bridgehead atoms. The molecule has 0 saturated heterocycles. The normalized spacial score (nSPS) is 33.1. The molecule has 2 aliphatic carbocycles. The van der Waals surface area contributed by atoms with Gasteiger partial charge in [-0.25, -0.2) is 0 Å². The van der Waals surface area contributed by atoms with Gasteiger partial charge in [-0.3, -0.25) is 0 Å². The fourth-order valence-electron chi connectivity index (χ4n) is 2.73. The maximum absolute atomic E-state index is 6.10. The van der Waals surface area contributed by atoms with Gasteiger partial charge in [0, 0.05) is 21.7 Å². The van der Waals surface area contributed by atoms with Crippen LogP contribution in [0.5, 0.6) is 0 Å². The van der Waals surface area contributed by atoms with Crippen LogP contribution in [0.3, 0.4) is 0 Å². The van der Waals surface area contributed by atoms with E-state index in [2.05, 4.69) is 19.9 Å². The predicted molar refractivity (Wildman–Crippen MR) is 60.8 cm³/mol. The average molecular weight is 207 g/mol. The Hall–Kier alpha value is -0.340. The fourth-order valence-corrected chi connectivity index (χ4v) is 4.33. The predicted octanol–water partition coefficient (Wildman–Crippen LogP) is 2.69. The van der Waals surface area contributed by atoms with Gasteiger partial charge >= 0.3 is 0 Å². The van der Waals surface area contributed by atoms with Gasteiger partial charge in [0.05, 0.1) is 0 Å². The Labute approximate surface area is 89.3 Å². The number of rotatable bonds is 1. The third-order valence-electron chi connectivity index (χ3n) is 3.98. The molecule has 2 N–H and O–H groups in total. The number of hydrogen-bond donors (Lipinski definition) is 1. The van der Waals surface area contributed by atoms with E-state index in [1.165, 1.54) is 19.3 Å².